The highest BCUT2D eigenvalue weighted by atomic mass is 32.2. The number of aromatic nitrogens is 1. The van der Waals surface area contributed by atoms with E-state index in [0.29, 0.717) is 11.1 Å². The molecule has 1 aromatic carbocycles. The van der Waals surface area contributed by atoms with E-state index < -0.39 is 10.0 Å². The maximum absolute atomic E-state index is 12.1. The van der Waals surface area contributed by atoms with Crippen molar-refractivity contribution >= 4 is 15.8 Å². The van der Waals surface area contributed by atoms with Crippen LogP contribution in [0, 0.1) is 18.8 Å². The maximum Gasteiger partial charge on any atom is 0.263 e. The van der Waals surface area contributed by atoms with Gasteiger partial charge in [-0.25, -0.2) is 8.42 Å². The summed E-state index contributed by atoms with van der Waals surface area (Å²) in [5, 5.41) is 12.1. The van der Waals surface area contributed by atoms with Crippen molar-refractivity contribution in [3.8, 4) is 11.8 Å². The van der Waals surface area contributed by atoms with Gasteiger partial charge in [0.25, 0.3) is 10.0 Å². The fourth-order valence-electron chi connectivity index (χ4n) is 1.54. The summed E-state index contributed by atoms with van der Waals surface area (Å²) in [4.78, 5) is 0.104. The van der Waals surface area contributed by atoms with Gasteiger partial charge in [-0.1, -0.05) is 17.0 Å². The van der Waals surface area contributed by atoms with Crippen molar-refractivity contribution in [2.75, 3.05) is 11.3 Å². The SMILES string of the molecule is Cc1cc(S(=O)(=O)Nc2ccon2)ccc1C#CCO. The van der Waals surface area contributed by atoms with Gasteiger partial charge < -0.3 is 9.63 Å². The van der Waals surface area contributed by atoms with Gasteiger partial charge in [0.15, 0.2) is 5.82 Å². The number of aliphatic hydroxyl groups is 1. The van der Waals surface area contributed by atoms with E-state index in [1.807, 2.05) is 0 Å². The Labute approximate surface area is 116 Å². The number of nitrogens with one attached hydrogen (secondary N) is 1. The maximum atomic E-state index is 12.1. The Bertz CT molecular complexity index is 755. The molecule has 20 heavy (non-hydrogen) atoms. The molecule has 0 atom stereocenters. The monoisotopic (exact) mass is 292 g/mol. The molecule has 0 saturated heterocycles. The number of nitrogens with zero attached hydrogens (tertiary/aromatic N) is 1. The first kappa shape index (κ1) is 14.1. The molecule has 7 heteroatoms. The summed E-state index contributed by atoms with van der Waals surface area (Å²) in [6.45, 7) is 1.50. The Morgan fingerprint density at radius 3 is 2.80 bits per heavy atom. The highest BCUT2D eigenvalue weighted by Gasteiger charge is 2.16. The highest BCUT2D eigenvalue weighted by Crippen LogP contribution is 2.17. The number of hydrogen-bond donors (Lipinski definition) is 2. The summed E-state index contributed by atoms with van der Waals surface area (Å²) in [7, 11) is -3.71. The van der Waals surface area contributed by atoms with Crippen LogP contribution in [-0.4, -0.2) is 25.3 Å². The molecule has 2 N–H and O–H groups in total. The fraction of sp³-hybridized carbons (Fsp3) is 0.154. The van der Waals surface area contributed by atoms with E-state index in [-0.39, 0.29) is 17.3 Å². The van der Waals surface area contributed by atoms with Gasteiger partial charge in [-0.3, -0.25) is 4.72 Å². The van der Waals surface area contributed by atoms with Crippen LogP contribution in [0.3, 0.4) is 0 Å². The molecule has 2 rings (SSSR count). The molecule has 0 saturated carbocycles. The Hall–Kier alpha value is -2.30. The largest absolute Gasteiger partial charge is 0.384 e. The Morgan fingerprint density at radius 1 is 1.40 bits per heavy atom. The minimum Gasteiger partial charge on any atom is -0.384 e. The third kappa shape index (κ3) is 3.17. The first-order valence-corrected chi connectivity index (χ1v) is 7.15. The summed E-state index contributed by atoms with van der Waals surface area (Å²) in [5.41, 5.74) is 1.37. The molecule has 2 aromatic rings. The molecular weight excluding hydrogens is 280 g/mol. The molecule has 0 bridgehead atoms. The quantitative estimate of drug-likeness (QED) is 0.827. The molecule has 0 amide bonds. The number of aliphatic hydroxyl groups excluding tert-OH is 1. The first-order chi connectivity index (χ1) is 9.53. The first-order valence-electron chi connectivity index (χ1n) is 5.66. The van der Waals surface area contributed by atoms with E-state index in [1.54, 1.807) is 13.0 Å². The van der Waals surface area contributed by atoms with Crippen LogP contribution in [-0.2, 0) is 10.0 Å². The second-order valence-corrected chi connectivity index (χ2v) is 5.61. The molecule has 1 aromatic heterocycles. The van der Waals surface area contributed by atoms with E-state index in [9.17, 15) is 8.42 Å². The third-order valence-electron chi connectivity index (χ3n) is 2.49. The topological polar surface area (TPSA) is 92.4 Å². The van der Waals surface area contributed by atoms with Gasteiger partial charge in [-0.15, -0.1) is 0 Å². The lowest BCUT2D eigenvalue weighted by Crippen LogP contribution is -2.13. The van der Waals surface area contributed by atoms with Crippen LogP contribution in [0.25, 0.3) is 0 Å². The van der Waals surface area contributed by atoms with Gasteiger partial charge in [0.05, 0.1) is 4.90 Å². The summed E-state index contributed by atoms with van der Waals surface area (Å²) in [5.74, 6) is 5.38. The molecule has 0 aliphatic rings. The summed E-state index contributed by atoms with van der Waals surface area (Å²) >= 11 is 0. The number of anilines is 1. The molecule has 0 aliphatic carbocycles. The molecule has 104 valence electrons. The van der Waals surface area contributed by atoms with Crippen LogP contribution in [0.5, 0.6) is 0 Å². The number of aryl methyl sites for hydroxylation is 1. The zero-order valence-electron chi connectivity index (χ0n) is 10.6. The van der Waals surface area contributed by atoms with Crippen molar-refractivity contribution in [3.63, 3.8) is 0 Å². The van der Waals surface area contributed by atoms with Crippen molar-refractivity contribution in [1.82, 2.24) is 5.16 Å². The summed E-state index contributed by atoms with van der Waals surface area (Å²) in [6, 6.07) is 5.95. The second kappa shape index (κ2) is 5.77. The van der Waals surface area contributed by atoms with Gasteiger partial charge in [-0.05, 0) is 30.7 Å². The van der Waals surface area contributed by atoms with Crippen molar-refractivity contribution in [2.45, 2.75) is 11.8 Å². The van der Waals surface area contributed by atoms with E-state index in [0.717, 1.165) is 0 Å². The number of rotatable bonds is 3. The van der Waals surface area contributed by atoms with E-state index in [4.69, 9.17) is 5.11 Å². The van der Waals surface area contributed by atoms with Gasteiger partial charge >= 0.3 is 0 Å². The predicted octanol–water partition coefficient (Wildman–Crippen LogP) is 1.13. The zero-order chi connectivity index (χ0) is 14.6. The van der Waals surface area contributed by atoms with Gasteiger partial charge in [0.2, 0.25) is 0 Å². The van der Waals surface area contributed by atoms with Gasteiger partial charge in [0, 0.05) is 11.6 Å². The van der Waals surface area contributed by atoms with Crippen molar-refractivity contribution in [1.29, 1.82) is 0 Å². The summed E-state index contributed by atoms with van der Waals surface area (Å²) < 4.78 is 31.1. The second-order valence-electron chi connectivity index (χ2n) is 3.93. The number of hydrogen-bond acceptors (Lipinski definition) is 5. The minimum absolute atomic E-state index is 0.104. The van der Waals surface area contributed by atoms with Gasteiger partial charge in [-0.2, -0.15) is 0 Å². The Morgan fingerprint density at radius 2 is 2.20 bits per heavy atom. The normalized spacial score (nSPS) is 10.7. The van der Waals surface area contributed by atoms with E-state index >= 15 is 0 Å². The van der Waals surface area contributed by atoms with Crippen molar-refractivity contribution < 1.29 is 18.0 Å². The molecule has 6 nitrogen and oxygen atoms in total. The fourth-order valence-corrected chi connectivity index (χ4v) is 2.62. The lowest BCUT2D eigenvalue weighted by atomic mass is 10.1. The van der Waals surface area contributed by atoms with Crippen LogP contribution in [0.15, 0.2) is 39.9 Å². The van der Waals surface area contributed by atoms with Crippen LogP contribution >= 0.6 is 0 Å². The minimum atomic E-state index is -3.71. The smallest absolute Gasteiger partial charge is 0.263 e. The average Bonchev–Trinajstić information content (AvgIpc) is 2.89. The number of sulfonamides is 1. The Balaban J connectivity index is 2.31. The standard InChI is InChI=1S/C13H12N2O4S/c1-10-9-12(5-4-11(10)3-2-7-16)20(17,18)15-13-6-8-19-14-13/h4-6,8-9,16H,7H2,1H3,(H,14,15). The van der Waals surface area contributed by atoms with E-state index in [2.05, 4.69) is 26.2 Å². The molecule has 0 aliphatic heterocycles. The highest BCUT2D eigenvalue weighted by molar-refractivity contribution is 7.92. The van der Waals surface area contributed by atoms with Crippen LogP contribution < -0.4 is 4.72 Å². The van der Waals surface area contributed by atoms with Crippen molar-refractivity contribution in [2.24, 2.45) is 0 Å². The third-order valence-corrected chi connectivity index (χ3v) is 3.84. The lowest BCUT2D eigenvalue weighted by molar-refractivity contribution is 0.350. The van der Waals surface area contributed by atoms with Crippen LogP contribution in [0.2, 0.25) is 0 Å². The van der Waals surface area contributed by atoms with Gasteiger partial charge in [0.1, 0.15) is 12.9 Å². The molecular formula is C13H12N2O4S. The van der Waals surface area contributed by atoms with Crippen LogP contribution in [0.1, 0.15) is 11.1 Å². The Kier molecular flexibility index (Phi) is 4.08. The van der Waals surface area contributed by atoms with E-state index in [1.165, 1.54) is 24.5 Å². The lowest BCUT2D eigenvalue weighted by Gasteiger charge is -2.06. The number of benzene rings is 1. The summed E-state index contributed by atoms with van der Waals surface area (Å²) in [6.07, 6.45) is 1.27. The molecule has 0 fully saturated rings. The molecule has 0 spiro atoms. The molecule has 1 heterocycles. The predicted molar refractivity (Wildman–Crippen MR) is 72.5 cm³/mol. The average molecular weight is 292 g/mol. The zero-order valence-corrected chi connectivity index (χ0v) is 11.4. The van der Waals surface area contributed by atoms with Crippen LogP contribution in [0.4, 0.5) is 5.82 Å². The molecule has 0 unspecified atom stereocenters. The molecule has 0 radical (unpaired) electrons. The van der Waals surface area contributed by atoms with Crippen molar-refractivity contribution in [3.05, 3.63) is 41.7 Å².